The number of benzene rings is 2. The molecular weight excluding hydrogens is 330 g/mol. The normalized spacial score (nSPS) is 8.46. The van der Waals surface area contributed by atoms with Crippen LogP contribution >= 0.6 is 13.5 Å². The third-order valence-corrected chi connectivity index (χ3v) is 3.25. The number of hydrogen-bond acceptors (Lipinski definition) is 2. The molecule has 2 aromatic rings. The number of aryl methyl sites for hydroxylation is 2. The van der Waals surface area contributed by atoms with E-state index in [1.807, 2.05) is 49.4 Å². The van der Waals surface area contributed by atoms with E-state index in [4.69, 9.17) is 10.2 Å². The average molecular weight is 358 g/mol. The standard InChI is InChI=1S/C9H10O2.C9H12O.Al.Li.H2S.4H/c1-7-4-2-3-5-8(7)6-9(10)11;1-8-4-2-3-5-9(8)6-7-10;;;;;;;/h2-5H,6H2,1H3,(H,10,11);2-5,10H,6-7H2,1H3;;;1H2;;;;/q;;;+1;;;;;-1. The molecule has 0 amide bonds. The van der Waals surface area contributed by atoms with Crippen molar-refractivity contribution in [1.82, 2.24) is 0 Å². The van der Waals surface area contributed by atoms with Crippen molar-refractivity contribution < 1.29 is 35.3 Å². The number of carboxylic acids is 1. The molecule has 2 rings (SSSR count). The van der Waals surface area contributed by atoms with Gasteiger partial charge in [0.1, 0.15) is 0 Å². The molecule has 0 heterocycles. The van der Waals surface area contributed by atoms with E-state index in [-0.39, 0.29) is 64.2 Å². The summed E-state index contributed by atoms with van der Waals surface area (Å²) in [6.45, 7) is 4.22. The van der Waals surface area contributed by atoms with Crippen LogP contribution in [0.15, 0.2) is 48.5 Å². The summed E-state index contributed by atoms with van der Waals surface area (Å²) < 4.78 is 0. The van der Waals surface area contributed by atoms with Crippen molar-refractivity contribution in [2.24, 2.45) is 0 Å². The van der Waals surface area contributed by atoms with Crippen molar-refractivity contribution in [3.63, 3.8) is 0 Å². The molecule has 0 saturated heterocycles. The van der Waals surface area contributed by atoms with Gasteiger partial charge in [-0.05, 0) is 42.5 Å². The van der Waals surface area contributed by atoms with E-state index in [0.717, 1.165) is 17.5 Å². The van der Waals surface area contributed by atoms with Gasteiger partial charge in [-0.15, -0.1) is 0 Å². The quantitative estimate of drug-likeness (QED) is 0.704. The van der Waals surface area contributed by atoms with Gasteiger partial charge in [-0.2, -0.15) is 13.5 Å². The minimum Gasteiger partial charge on any atom is -1.00 e. The molecule has 0 saturated carbocycles. The van der Waals surface area contributed by atoms with Crippen LogP contribution in [-0.4, -0.2) is 40.2 Å². The molecule has 0 aromatic heterocycles. The Labute approximate surface area is 175 Å². The summed E-state index contributed by atoms with van der Waals surface area (Å²) in [7, 11) is 0. The Morgan fingerprint density at radius 1 is 0.958 bits per heavy atom. The Morgan fingerprint density at radius 2 is 1.38 bits per heavy atom. The SMILES string of the molecule is Cc1ccccc1CC(=O)O.Cc1ccccc1CCO.S.[AlH3].[H-].[Li+]. The van der Waals surface area contributed by atoms with Gasteiger partial charge < -0.3 is 11.6 Å². The second-order valence-corrected chi connectivity index (χ2v) is 4.90. The molecule has 0 unspecified atom stereocenters. The summed E-state index contributed by atoms with van der Waals surface area (Å²) in [5.41, 5.74) is 4.43. The molecular formula is C18H28AlLiO3S. The number of aliphatic hydroxyl groups excluding tert-OH is 1. The van der Waals surface area contributed by atoms with Crippen molar-refractivity contribution in [1.29, 1.82) is 0 Å². The molecule has 0 aliphatic heterocycles. The number of rotatable bonds is 4. The van der Waals surface area contributed by atoms with Crippen LogP contribution in [-0.2, 0) is 17.6 Å². The molecule has 24 heavy (non-hydrogen) atoms. The monoisotopic (exact) mass is 358 g/mol. The zero-order valence-electron chi connectivity index (χ0n) is 15.0. The third-order valence-electron chi connectivity index (χ3n) is 3.25. The molecule has 0 spiro atoms. The maximum Gasteiger partial charge on any atom is 1.00 e. The van der Waals surface area contributed by atoms with Gasteiger partial charge in [0.15, 0.2) is 17.4 Å². The minimum atomic E-state index is -0.778. The predicted molar refractivity (Wildman–Crippen MR) is 106 cm³/mol. The summed E-state index contributed by atoms with van der Waals surface area (Å²) in [6.07, 6.45) is 0.888. The number of carboxylic acid groups (broad SMARTS) is 1. The van der Waals surface area contributed by atoms with E-state index in [1.165, 1.54) is 11.1 Å². The summed E-state index contributed by atoms with van der Waals surface area (Å²) in [4.78, 5) is 10.3. The molecule has 0 fully saturated rings. The van der Waals surface area contributed by atoms with E-state index in [0.29, 0.717) is 0 Å². The van der Waals surface area contributed by atoms with Crippen molar-refractivity contribution in [2.75, 3.05) is 6.61 Å². The van der Waals surface area contributed by atoms with Gasteiger partial charge in [0, 0.05) is 6.61 Å². The van der Waals surface area contributed by atoms with Crippen LogP contribution in [0.25, 0.3) is 0 Å². The first kappa shape index (κ1) is 28.2. The molecule has 0 aliphatic carbocycles. The van der Waals surface area contributed by atoms with Gasteiger partial charge in [-0.1, -0.05) is 48.5 Å². The maximum absolute atomic E-state index is 10.3. The Bertz CT molecular complexity index is 600. The van der Waals surface area contributed by atoms with Crippen LogP contribution in [0.1, 0.15) is 23.7 Å². The first-order valence-electron chi connectivity index (χ1n) is 6.96. The predicted octanol–water partition coefficient (Wildman–Crippen LogP) is -0.803. The largest absolute Gasteiger partial charge is 1.00 e. The van der Waals surface area contributed by atoms with E-state index in [9.17, 15) is 4.79 Å². The van der Waals surface area contributed by atoms with Gasteiger partial charge in [-0.25, -0.2) is 0 Å². The molecule has 6 heteroatoms. The Morgan fingerprint density at radius 3 is 1.75 bits per heavy atom. The van der Waals surface area contributed by atoms with Gasteiger partial charge in [0.25, 0.3) is 0 Å². The molecule has 2 N–H and O–H groups in total. The summed E-state index contributed by atoms with van der Waals surface area (Å²) in [5.74, 6) is -0.778. The van der Waals surface area contributed by atoms with Crippen LogP contribution in [0.4, 0.5) is 0 Å². The fourth-order valence-electron chi connectivity index (χ4n) is 1.98. The van der Waals surface area contributed by atoms with Crippen LogP contribution in [0.3, 0.4) is 0 Å². The topological polar surface area (TPSA) is 57.5 Å². The average Bonchev–Trinajstić information content (AvgIpc) is 2.45. The summed E-state index contributed by atoms with van der Waals surface area (Å²) in [6, 6.07) is 15.6. The fraction of sp³-hybridized carbons (Fsp3) is 0.278. The third kappa shape index (κ3) is 11.0. The van der Waals surface area contributed by atoms with Crippen LogP contribution in [0, 0.1) is 13.8 Å². The van der Waals surface area contributed by atoms with Gasteiger partial charge in [-0.3, -0.25) is 4.79 Å². The number of aliphatic carboxylic acids is 1. The molecule has 2 aromatic carbocycles. The van der Waals surface area contributed by atoms with Crippen molar-refractivity contribution in [3.05, 3.63) is 70.8 Å². The van der Waals surface area contributed by atoms with Gasteiger partial charge in [0.2, 0.25) is 0 Å². The van der Waals surface area contributed by atoms with Gasteiger partial charge >= 0.3 is 24.8 Å². The smallest absolute Gasteiger partial charge is 1.00 e. The van der Waals surface area contributed by atoms with Crippen molar-refractivity contribution in [3.8, 4) is 0 Å². The first-order chi connectivity index (χ1) is 10.0. The molecule has 0 atom stereocenters. The minimum absolute atomic E-state index is 0. The first-order valence-corrected chi connectivity index (χ1v) is 6.96. The Hall–Kier alpha value is -0.650. The second-order valence-electron chi connectivity index (χ2n) is 4.90. The second kappa shape index (κ2) is 15.9. The van der Waals surface area contributed by atoms with Gasteiger partial charge in [0.05, 0.1) is 6.42 Å². The van der Waals surface area contributed by atoms with Crippen molar-refractivity contribution in [2.45, 2.75) is 26.7 Å². The summed E-state index contributed by atoms with van der Waals surface area (Å²) in [5, 5.41) is 17.1. The Balaban J connectivity index is -0.000000152. The zero-order chi connectivity index (χ0) is 15.7. The van der Waals surface area contributed by atoms with E-state index >= 15 is 0 Å². The molecule has 0 radical (unpaired) electrons. The van der Waals surface area contributed by atoms with E-state index < -0.39 is 5.97 Å². The molecule has 128 valence electrons. The molecule has 3 nitrogen and oxygen atoms in total. The van der Waals surface area contributed by atoms with E-state index in [1.54, 1.807) is 0 Å². The molecule has 0 bridgehead atoms. The van der Waals surface area contributed by atoms with Crippen molar-refractivity contribution >= 4 is 36.8 Å². The molecule has 0 aliphatic rings. The number of carbonyl (C=O) groups is 1. The van der Waals surface area contributed by atoms with E-state index in [2.05, 4.69) is 13.0 Å². The van der Waals surface area contributed by atoms with Crippen LogP contribution in [0.5, 0.6) is 0 Å². The summed E-state index contributed by atoms with van der Waals surface area (Å²) >= 11 is 0. The van der Waals surface area contributed by atoms with Crippen LogP contribution < -0.4 is 18.9 Å². The Kier molecular flexibility index (Phi) is 18.6. The zero-order valence-corrected chi connectivity index (χ0v) is 15.0. The number of hydrogen-bond donors (Lipinski definition) is 2. The maximum atomic E-state index is 10.3. The fourth-order valence-corrected chi connectivity index (χ4v) is 1.98. The van der Waals surface area contributed by atoms with Crippen LogP contribution in [0.2, 0.25) is 0 Å². The number of aliphatic hydroxyl groups is 1.